The maximum atomic E-state index is 12.8. The van der Waals surface area contributed by atoms with E-state index in [1.165, 1.54) is 24.3 Å². The molecule has 0 aromatic heterocycles. The number of nitrogens with one attached hydrogen (secondary N) is 2. The van der Waals surface area contributed by atoms with Crippen molar-refractivity contribution in [2.45, 2.75) is 38.8 Å². The Morgan fingerprint density at radius 3 is 2.35 bits per heavy atom. The lowest BCUT2D eigenvalue weighted by molar-refractivity contribution is -0.170. The molecule has 2 atom stereocenters. The third kappa shape index (κ3) is 4.34. The number of benzene rings is 1. The van der Waals surface area contributed by atoms with Crippen molar-refractivity contribution in [1.82, 2.24) is 10.6 Å². The zero-order valence-corrected chi connectivity index (χ0v) is 16.1. The van der Waals surface area contributed by atoms with Crippen LogP contribution in [-0.4, -0.2) is 43.2 Å². The maximum Gasteiger partial charge on any atom is 0.251 e. The molecule has 1 aliphatic rings. The van der Waals surface area contributed by atoms with Crippen molar-refractivity contribution in [3.8, 4) is 0 Å². The molecule has 1 aromatic carbocycles. The van der Waals surface area contributed by atoms with Gasteiger partial charge >= 0.3 is 0 Å². The average molecular weight is 388 g/mol. The molecule has 2 rings (SSSR count). The van der Waals surface area contributed by atoms with Gasteiger partial charge in [-0.15, -0.1) is 12.4 Å². The van der Waals surface area contributed by atoms with Crippen molar-refractivity contribution >= 4 is 24.2 Å². The van der Waals surface area contributed by atoms with Gasteiger partial charge in [0.15, 0.2) is 0 Å². The molecule has 8 heteroatoms. The van der Waals surface area contributed by atoms with Gasteiger partial charge in [-0.2, -0.15) is 0 Å². The Hall–Kier alpha value is -1.70. The Labute approximate surface area is 159 Å². The molecule has 4 N–H and O–H groups in total. The summed E-state index contributed by atoms with van der Waals surface area (Å²) in [6.45, 7) is 6.87. The molecule has 1 aliphatic carbocycles. The quantitative estimate of drug-likeness (QED) is 0.620. The Morgan fingerprint density at radius 1 is 1.23 bits per heavy atom. The first kappa shape index (κ1) is 22.3. The van der Waals surface area contributed by atoms with E-state index in [2.05, 4.69) is 10.6 Å². The van der Waals surface area contributed by atoms with E-state index in [-0.39, 0.29) is 43.4 Å². The van der Waals surface area contributed by atoms with Crippen LogP contribution >= 0.6 is 12.4 Å². The Bertz CT molecular complexity index is 639. The highest BCUT2D eigenvalue weighted by Crippen LogP contribution is 2.49. The van der Waals surface area contributed by atoms with Gasteiger partial charge in [0.2, 0.25) is 5.91 Å². The van der Waals surface area contributed by atoms with E-state index < -0.39 is 16.8 Å². The smallest absolute Gasteiger partial charge is 0.251 e. The van der Waals surface area contributed by atoms with Crippen LogP contribution in [0.3, 0.4) is 0 Å². The topological polar surface area (TPSA) is 93.4 Å². The lowest BCUT2D eigenvalue weighted by atomic mass is 9.54. The Morgan fingerprint density at radius 2 is 1.81 bits per heavy atom. The molecule has 2 unspecified atom stereocenters. The van der Waals surface area contributed by atoms with Crippen molar-refractivity contribution in [2.24, 2.45) is 11.1 Å². The fraction of sp³-hybridized carbons (Fsp3) is 0.556. The van der Waals surface area contributed by atoms with Crippen LogP contribution in [0.15, 0.2) is 24.3 Å². The molecule has 26 heavy (non-hydrogen) atoms. The first-order chi connectivity index (χ1) is 11.7. The molecule has 1 fully saturated rings. The van der Waals surface area contributed by atoms with Crippen LogP contribution in [0, 0.1) is 11.2 Å². The third-order valence-electron chi connectivity index (χ3n) is 5.04. The fourth-order valence-electron chi connectivity index (χ4n) is 3.03. The number of halogens is 2. The fourth-order valence-corrected chi connectivity index (χ4v) is 3.03. The first-order valence-electron chi connectivity index (χ1n) is 8.45. The Kier molecular flexibility index (Phi) is 7.56. The number of hydrogen-bond donors (Lipinski definition) is 3. The van der Waals surface area contributed by atoms with Gasteiger partial charge in [-0.3, -0.25) is 9.59 Å². The molecule has 146 valence electrons. The monoisotopic (exact) mass is 387 g/mol. The van der Waals surface area contributed by atoms with Crippen molar-refractivity contribution < 1.29 is 18.7 Å². The number of amides is 2. The van der Waals surface area contributed by atoms with E-state index in [1.807, 2.05) is 20.8 Å². The predicted molar refractivity (Wildman–Crippen MR) is 99.7 cm³/mol. The summed E-state index contributed by atoms with van der Waals surface area (Å²) in [5.41, 5.74) is 5.21. The highest BCUT2D eigenvalue weighted by molar-refractivity contribution is 5.94. The molecule has 1 saturated carbocycles. The summed E-state index contributed by atoms with van der Waals surface area (Å²) in [7, 11) is 0. The lowest BCUT2D eigenvalue weighted by Gasteiger charge is -2.57. The molecule has 1 aromatic rings. The van der Waals surface area contributed by atoms with Gasteiger partial charge in [-0.1, -0.05) is 13.8 Å². The van der Waals surface area contributed by atoms with E-state index in [4.69, 9.17) is 10.5 Å². The molecule has 0 aliphatic heterocycles. The van der Waals surface area contributed by atoms with Crippen molar-refractivity contribution in [3.63, 3.8) is 0 Å². The molecule has 0 bridgehead atoms. The summed E-state index contributed by atoms with van der Waals surface area (Å²) in [4.78, 5) is 24.3. The molecule has 0 radical (unpaired) electrons. The second-order valence-corrected chi connectivity index (χ2v) is 6.86. The van der Waals surface area contributed by atoms with Crippen LogP contribution in [0.2, 0.25) is 0 Å². The van der Waals surface area contributed by atoms with Crippen LogP contribution in [0.5, 0.6) is 0 Å². The molecule has 6 nitrogen and oxygen atoms in total. The summed E-state index contributed by atoms with van der Waals surface area (Å²) < 4.78 is 18.4. The number of carbonyl (C=O) groups excluding carboxylic acids is 2. The number of nitrogens with two attached hydrogens (primary N) is 1. The Balaban J connectivity index is 0.00000338. The van der Waals surface area contributed by atoms with Gasteiger partial charge in [0.1, 0.15) is 11.4 Å². The second-order valence-electron chi connectivity index (χ2n) is 6.86. The summed E-state index contributed by atoms with van der Waals surface area (Å²) in [5.74, 6) is -0.966. The van der Waals surface area contributed by atoms with Gasteiger partial charge in [-0.25, -0.2) is 4.39 Å². The van der Waals surface area contributed by atoms with Crippen LogP contribution in [0.4, 0.5) is 4.39 Å². The molecule has 0 heterocycles. The van der Waals surface area contributed by atoms with E-state index in [9.17, 15) is 14.0 Å². The predicted octanol–water partition coefficient (Wildman–Crippen LogP) is 1.63. The molecular formula is C18H27ClFN3O3. The van der Waals surface area contributed by atoms with E-state index >= 15 is 0 Å². The standard InChI is InChI=1S/C18H26FN3O3.ClH/c1-4-25-14-11-18(20,17(14,2)3)16(24)22-10-9-21-15(23)12-5-7-13(19)8-6-12;/h5-8,14H,4,9-11,20H2,1-3H3,(H,21,23)(H,22,24);1H. The summed E-state index contributed by atoms with van der Waals surface area (Å²) in [5, 5.41) is 5.43. The van der Waals surface area contributed by atoms with Crippen LogP contribution in [0.25, 0.3) is 0 Å². The molecule has 2 amide bonds. The SMILES string of the molecule is CCOC1CC(N)(C(=O)NCCNC(=O)c2ccc(F)cc2)C1(C)C.Cl. The minimum Gasteiger partial charge on any atom is -0.378 e. The van der Waals surface area contributed by atoms with Crippen molar-refractivity contribution in [1.29, 1.82) is 0 Å². The summed E-state index contributed by atoms with van der Waals surface area (Å²) in [6, 6.07) is 5.26. The summed E-state index contributed by atoms with van der Waals surface area (Å²) in [6.07, 6.45) is 0.438. The number of carbonyl (C=O) groups is 2. The molecular weight excluding hydrogens is 361 g/mol. The first-order valence-corrected chi connectivity index (χ1v) is 8.45. The van der Waals surface area contributed by atoms with Gasteiger partial charge in [0.05, 0.1) is 6.10 Å². The zero-order chi connectivity index (χ0) is 18.7. The number of hydrogen-bond acceptors (Lipinski definition) is 4. The van der Waals surface area contributed by atoms with Crippen molar-refractivity contribution in [2.75, 3.05) is 19.7 Å². The highest BCUT2D eigenvalue weighted by atomic mass is 35.5. The van der Waals surface area contributed by atoms with Crippen LogP contribution in [-0.2, 0) is 9.53 Å². The largest absolute Gasteiger partial charge is 0.378 e. The minimum atomic E-state index is -0.978. The van der Waals surface area contributed by atoms with Crippen LogP contribution < -0.4 is 16.4 Å². The van der Waals surface area contributed by atoms with Crippen molar-refractivity contribution in [3.05, 3.63) is 35.6 Å². The average Bonchev–Trinajstić information content (AvgIpc) is 2.58. The third-order valence-corrected chi connectivity index (χ3v) is 5.04. The van der Waals surface area contributed by atoms with Gasteiger partial charge in [-0.05, 0) is 31.2 Å². The van der Waals surface area contributed by atoms with E-state index in [0.29, 0.717) is 18.6 Å². The van der Waals surface area contributed by atoms with E-state index in [1.54, 1.807) is 0 Å². The van der Waals surface area contributed by atoms with E-state index in [0.717, 1.165) is 0 Å². The van der Waals surface area contributed by atoms with Gasteiger partial charge in [0, 0.05) is 37.1 Å². The lowest BCUT2D eigenvalue weighted by Crippen LogP contribution is -2.75. The maximum absolute atomic E-state index is 12.8. The highest BCUT2D eigenvalue weighted by Gasteiger charge is 2.62. The molecule has 0 spiro atoms. The summed E-state index contributed by atoms with van der Waals surface area (Å²) >= 11 is 0. The van der Waals surface area contributed by atoms with Crippen LogP contribution in [0.1, 0.15) is 37.6 Å². The zero-order valence-electron chi connectivity index (χ0n) is 15.3. The number of rotatable bonds is 7. The molecule has 0 saturated heterocycles. The van der Waals surface area contributed by atoms with Gasteiger partial charge < -0.3 is 21.1 Å². The normalized spacial score (nSPS) is 23.3. The van der Waals surface area contributed by atoms with Gasteiger partial charge in [0.25, 0.3) is 5.91 Å². The number of ether oxygens (including phenoxy) is 1. The minimum absolute atomic E-state index is 0. The second kappa shape index (κ2) is 8.79.